The first-order chi connectivity index (χ1) is 15.3. The summed E-state index contributed by atoms with van der Waals surface area (Å²) in [4.78, 5) is 0. The highest BCUT2D eigenvalue weighted by molar-refractivity contribution is 5.64. The lowest BCUT2D eigenvalue weighted by atomic mass is 9.75. The van der Waals surface area contributed by atoms with Gasteiger partial charge in [0.2, 0.25) is 0 Å². The largest absolute Gasteiger partial charge is 0.416 e. The van der Waals surface area contributed by atoms with E-state index in [1.54, 1.807) is 13.2 Å². The van der Waals surface area contributed by atoms with E-state index in [4.69, 9.17) is 4.74 Å². The molecule has 0 spiro atoms. The van der Waals surface area contributed by atoms with Crippen LogP contribution in [0.4, 0.5) is 13.2 Å². The molecule has 1 nitrogen and oxygen atoms in total. The molecule has 0 aliphatic rings. The van der Waals surface area contributed by atoms with Crippen LogP contribution in [0.3, 0.4) is 0 Å². The first kappa shape index (κ1) is 26.4. The lowest BCUT2D eigenvalue weighted by molar-refractivity contribution is -0.137. The molecule has 0 aliphatic carbocycles. The molecule has 0 fully saturated rings. The molecule has 0 aliphatic heterocycles. The summed E-state index contributed by atoms with van der Waals surface area (Å²) in [5.74, 6) is 0.268. The minimum Gasteiger partial charge on any atom is -0.378 e. The summed E-state index contributed by atoms with van der Waals surface area (Å²) in [5, 5.41) is 0. The number of methoxy groups -OCH3 is 1. The summed E-state index contributed by atoms with van der Waals surface area (Å²) in [5.41, 5.74) is 1.76. The highest BCUT2D eigenvalue weighted by Gasteiger charge is 2.36. The van der Waals surface area contributed by atoms with E-state index in [-0.39, 0.29) is 11.5 Å². The molecule has 0 heterocycles. The molecule has 4 heteroatoms. The van der Waals surface area contributed by atoms with Crippen molar-refractivity contribution in [1.29, 1.82) is 0 Å². The van der Waals surface area contributed by atoms with Crippen LogP contribution in [-0.4, -0.2) is 12.7 Å². The number of rotatable bonds is 13. The van der Waals surface area contributed by atoms with Gasteiger partial charge in [-0.15, -0.1) is 0 Å². The third kappa shape index (κ3) is 6.84. The van der Waals surface area contributed by atoms with E-state index in [1.807, 2.05) is 12.1 Å². The summed E-state index contributed by atoms with van der Waals surface area (Å²) in [6.45, 7) is 6.59. The number of unbranched alkanes of at least 4 members (excludes halogenated alkanes) is 5. The number of hydrogen-bond acceptors (Lipinski definition) is 1. The van der Waals surface area contributed by atoms with Crippen LogP contribution in [0.25, 0.3) is 11.1 Å². The van der Waals surface area contributed by atoms with Crippen LogP contribution in [0.1, 0.15) is 95.6 Å². The predicted octanol–water partition coefficient (Wildman–Crippen LogP) is 9.41. The van der Waals surface area contributed by atoms with Gasteiger partial charge in [-0.2, -0.15) is 13.2 Å². The summed E-state index contributed by atoms with van der Waals surface area (Å²) in [6, 6.07) is 13.6. The Morgan fingerprint density at radius 2 is 1.41 bits per heavy atom. The van der Waals surface area contributed by atoms with E-state index in [9.17, 15) is 13.2 Å². The van der Waals surface area contributed by atoms with Crippen molar-refractivity contribution in [2.24, 2.45) is 0 Å². The van der Waals surface area contributed by atoms with Gasteiger partial charge in [-0.05, 0) is 48.1 Å². The topological polar surface area (TPSA) is 9.23 Å². The lowest BCUT2D eigenvalue weighted by Crippen LogP contribution is -2.37. The molecule has 0 saturated heterocycles. The number of halogens is 3. The van der Waals surface area contributed by atoms with E-state index in [2.05, 4.69) is 32.9 Å². The van der Waals surface area contributed by atoms with Gasteiger partial charge >= 0.3 is 6.18 Å². The van der Waals surface area contributed by atoms with Crippen molar-refractivity contribution in [3.05, 3.63) is 59.7 Å². The van der Waals surface area contributed by atoms with Crippen molar-refractivity contribution in [2.75, 3.05) is 7.11 Å². The summed E-state index contributed by atoms with van der Waals surface area (Å²) < 4.78 is 45.4. The van der Waals surface area contributed by atoms with Crippen molar-refractivity contribution in [3.8, 4) is 11.1 Å². The van der Waals surface area contributed by atoms with Crippen molar-refractivity contribution in [1.82, 2.24) is 0 Å². The molecule has 0 amide bonds. The third-order valence-corrected chi connectivity index (χ3v) is 6.92. The SMILES string of the molecule is CCCCCCCCC(c1ccc(-c2cccc(C(F)(F)F)c2)cc1)C(CC)(CC)OC. The fraction of sp³-hybridized carbons (Fsp3) is 0.571. The summed E-state index contributed by atoms with van der Waals surface area (Å²) in [7, 11) is 1.80. The van der Waals surface area contributed by atoms with Crippen molar-refractivity contribution >= 4 is 0 Å². The maximum Gasteiger partial charge on any atom is 0.416 e. The number of benzene rings is 2. The van der Waals surface area contributed by atoms with Gasteiger partial charge in [0.15, 0.2) is 0 Å². The molecule has 0 bridgehead atoms. The second-order valence-corrected chi connectivity index (χ2v) is 8.79. The van der Waals surface area contributed by atoms with E-state index in [0.29, 0.717) is 5.56 Å². The van der Waals surface area contributed by atoms with Crippen LogP contribution in [0.2, 0.25) is 0 Å². The Bertz CT molecular complexity index is 783. The van der Waals surface area contributed by atoms with Gasteiger partial charge in [0.25, 0.3) is 0 Å². The molecular formula is C28H39F3O. The maximum absolute atomic E-state index is 13.1. The second kappa shape index (κ2) is 12.4. The van der Waals surface area contributed by atoms with Gasteiger partial charge in [-0.1, -0.05) is 95.7 Å². The Hall–Kier alpha value is -1.81. The molecule has 0 aromatic heterocycles. The Morgan fingerprint density at radius 3 is 1.97 bits per heavy atom. The highest BCUT2D eigenvalue weighted by Crippen LogP contribution is 2.41. The predicted molar refractivity (Wildman–Crippen MR) is 128 cm³/mol. The van der Waals surface area contributed by atoms with Crippen LogP contribution in [0, 0.1) is 0 Å². The van der Waals surface area contributed by atoms with Crippen LogP contribution >= 0.6 is 0 Å². The van der Waals surface area contributed by atoms with Gasteiger partial charge < -0.3 is 4.74 Å². The monoisotopic (exact) mass is 448 g/mol. The number of ether oxygens (including phenoxy) is 1. The first-order valence-corrected chi connectivity index (χ1v) is 12.1. The van der Waals surface area contributed by atoms with Crippen LogP contribution in [-0.2, 0) is 10.9 Å². The molecule has 1 unspecified atom stereocenters. The van der Waals surface area contributed by atoms with Crippen LogP contribution < -0.4 is 0 Å². The minimum absolute atomic E-state index is 0.221. The maximum atomic E-state index is 13.1. The van der Waals surface area contributed by atoms with E-state index in [0.717, 1.165) is 37.3 Å². The number of alkyl halides is 3. The average molecular weight is 449 g/mol. The Morgan fingerprint density at radius 1 is 0.781 bits per heavy atom. The quantitative estimate of drug-likeness (QED) is 0.277. The normalized spacial score (nSPS) is 13.3. The fourth-order valence-electron chi connectivity index (χ4n) is 4.82. The lowest BCUT2D eigenvalue weighted by Gasteiger charge is -2.39. The molecule has 2 aromatic rings. The van der Waals surface area contributed by atoms with Gasteiger partial charge in [0.05, 0.1) is 11.2 Å². The fourth-order valence-corrected chi connectivity index (χ4v) is 4.82. The Kier molecular flexibility index (Phi) is 10.3. The summed E-state index contributed by atoms with van der Waals surface area (Å²) in [6.07, 6.45) is 6.08. The second-order valence-electron chi connectivity index (χ2n) is 8.79. The smallest absolute Gasteiger partial charge is 0.378 e. The standard InChI is InChI=1S/C28H39F3O/c1-5-8-9-10-11-12-16-26(27(6-2,7-3)32-4)23-19-17-22(18-20-23)24-14-13-15-25(21-24)28(29,30)31/h13-15,17-21,26H,5-12,16H2,1-4H3. The molecular weight excluding hydrogens is 409 g/mol. The molecule has 178 valence electrons. The zero-order valence-corrected chi connectivity index (χ0v) is 20.1. The van der Waals surface area contributed by atoms with Gasteiger partial charge in [-0.25, -0.2) is 0 Å². The molecule has 0 N–H and O–H groups in total. The van der Waals surface area contributed by atoms with Crippen LogP contribution in [0.15, 0.2) is 48.5 Å². The molecule has 2 aromatic carbocycles. The van der Waals surface area contributed by atoms with Crippen molar-refractivity contribution in [2.45, 2.75) is 96.3 Å². The summed E-state index contributed by atoms with van der Waals surface area (Å²) >= 11 is 0. The molecule has 1 atom stereocenters. The van der Waals surface area contributed by atoms with Crippen molar-refractivity contribution in [3.63, 3.8) is 0 Å². The van der Waals surface area contributed by atoms with Crippen molar-refractivity contribution < 1.29 is 17.9 Å². The number of hydrogen-bond donors (Lipinski definition) is 0. The Labute approximate surface area is 192 Å². The molecule has 0 radical (unpaired) electrons. The molecule has 2 rings (SSSR count). The van der Waals surface area contributed by atoms with E-state index < -0.39 is 11.7 Å². The zero-order valence-electron chi connectivity index (χ0n) is 20.1. The third-order valence-electron chi connectivity index (χ3n) is 6.92. The average Bonchev–Trinajstić information content (AvgIpc) is 2.81. The first-order valence-electron chi connectivity index (χ1n) is 12.1. The van der Waals surface area contributed by atoms with Gasteiger partial charge in [0.1, 0.15) is 0 Å². The van der Waals surface area contributed by atoms with Crippen LogP contribution in [0.5, 0.6) is 0 Å². The molecule has 32 heavy (non-hydrogen) atoms. The molecule has 0 saturated carbocycles. The van der Waals surface area contributed by atoms with Gasteiger partial charge in [-0.3, -0.25) is 0 Å². The zero-order chi connectivity index (χ0) is 23.6. The highest BCUT2D eigenvalue weighted by atomic mass is 19.4. The minimum atomic E-state index is -4.33. The van der Waals surface area contributed by atoms with E-state index in [1.165, 1.54) is 49.8 Å². The van der Waals surface area contributed by atoms with Gasteiger partial charge in [0, 0.05) is 13.0 Å². The van der Waals surface area contributed by atoms with E-state index >= 15 is 0 Å². The Balaban J connectivity index is 2.24.